The van der Waals surface area contributed by atoms with Gasteiger partial charge in [-0.15, -0.1) is 0 Å². The summed E-state index contributed by atoms with van der Waals surface area (Å²) in [4.78, 5) is 17.1. The minimum atomic E-state index is 0.146. The number of hydrogen-bond acceptors (Lipinski definition) is 4. The number of carbonyl (C=O) groups excluding carboxylic acids is 1. The van der Waals surface area contributed by atoms with Crippen molar-refractivity contribution in [3.8, 4) is 0 Å². The summed E-state index contributed by atoms with van der Waals surface area (Å²) in [6, 6.07) is 18.8. The molecule has 2 N–H and O–H groups in total. The minimum Gasteiger partial charge on any atom is -0.336 e. The largest absolute Gasteiger partial charge is 0.336 e. The molecule has 4 rings (SSSR count). The van der Waals surface area contributed by atoms with Gasteiger partial charge in [-0.05, 0) is 31.0 Å². The maximum absolute atomic E-state index is 12.7. The highest BCUT2D eigenvalue weighted by atomic mass is 16.2. The van der Waals surface area contributed by atoms with Crippen LogP contribution in [-0.4, -0.2) is 48.1 Å². The molecule has 2 unspecified atom stereocenters. The molecule has 1 amide bonds. The zero-order chi connectivity index (χ0) is 17.9. The first-order valence-electron chi connectivity index (χ1n) is 9.37. The lowest BCUT2D eigenvalue weighted by molar-refractivity contribution is 0.0545. The van der Waals surface area contributed by atoms with Crippen LogP contribution in [0.15, 0.2) is 54.6 Å². The molecular formula is C21H26N4O. The van der Waals surface area contributed by atoms with E-state index in [9.17, 15) is 4.79 Å². The lowest BCUT2D eigenvalue weighted by atomic mass is 10.0. The molecule has 2 saturated heterocycles. The highest BCUT2D eigenvalue weighted by molar-refractivity contribution is 5.94. The average Bonchev–Trinajstić information content (AvgIpc) is 3.18. The van der Waals surface area contributed by atoms with Gasteiger partial charge in [0.25, 0.3) is 5.91 Å². The number of piperazine rings is 1. The molecular weight excluding hydrogens is 324 g/mol. The quantitative estimate of drug-likeness (QED) is 0.892. The van der Waals surface area contributed by atoms with Crippen LogP contribution >= 0.6 is 0 Å². The van der Waals surface area contributed by atoms with Crippen molar-refractivity contribution in [3.63, 3.8) is 0 Å². The molecule has 2 atom stereocenters. The number of hydrogen-bond donors (Lipinski definition) is 2. The fourth-order valence-corrected chi connectivity index (χ4v) is 3.88. The summed E-state index contributed by atoms with van der Waals surface area (Å²) in [5.41, 5.74) is 10.1. The van der Waals surface area contributed by atoms with Gasteiger partial charge in [-0.25, -0.2) is 10.9 Å². The molecule has 2 fully saturated rings. The summed E-state index contributed by atoms with van der Waals surface area (Å²) in [6.45, 7) is 5.38. The van der Waals surface area contributed by atoms with Gasteiger partial charge >= 0.3 is 0 Å². The lowest BCUT2D eigenvalue weighted by Gasteiger charge is -2.37. The van der Waals surface area contributed by atoms with E-state index in [0.717, 1.165) is 43.7 Å². The Balaban J connectivity index is 1.32. The van der Waals surface area contributed by atoms with Gasteiger partial charge in [0, 0.05) is 37.8 Å². The average molecular weight is 350 g/mol. The first-order chi connectivity index (χ1) is 12.7. The number of nitrogens with zero attached hydrogens (tertiary/aromatic N) is 2. The second kappa shape index (κ2) is 7.58. The summed E-state index contributed by atoms with van der Waals surface area (Å²) in [5.74, 6) is 0.146. The van der Waals surface area contributed by atoms with Gasteiger partial charge in [-0.1, -0.05) is 48.0 Å². The third kappa shape index (κ3) is 3.65. The van der Waals surface area contributed by atoms with Crippen molar-refractivity contribution in [3.05, 3.63) is 71.3 Å². The van der Waals surface area contributed by atoms with Gasteiger partial charge in [0.15, 0.2) is 0 Å². The van der Waals surface area contributed by atoms with Crippen LogP contribution in [0, 0.1) is 6.92 Å². The number of amides is 1. The van der Waals surface area contributed by atoms with E-state index in [-0.39, 0.29) is 5.91 Å². The molecule has 0 radical (unpaired) electrons. The number of carbonyl (C=O) groups is 1. The van der Waals surface area contributed by atoms with Gasteiger partial charge in [0.2, 0.25) is 0 Å². The van der Waals surface area contributed by atoms with Crippen LogP contribution in [0.1, 0.15) is 33.9 Å². The standard InChI is InChI=1S/C21H26N4O/c1-16-6-5-9-18(14-16)21(26)25-12-10-24(11-13-25)20-15-19(22-23-20)17-7-3-2-4-8-17/h2-9,14,19-20,22-23H,10-13,15H2,1H3. The summed E-state index contributed by atoms with van der Waals surface area (Å²) in [5, 5.41) is 0. The number of nitrogens with one attached hydrogen (secondary N) is 2. The molecule has 0 bridgehead atoms. The lowest BCUT2D eigenvalue weighted by Crippen LogP contribution is -2.55. The van der Waals surface area contributed by atoms with Crippen LogP contribution in [0.4, 0.5) is 0 Å². The topological polar surface area (TPSA) is 47.6 Å². The van der Waals surface area contributed by atoms with Crippen LogP contribution in [-0.2, 0) is 0 Å². The fourth-order valence-electron chi connectivity index (χ4n) is 3.88. The van der Waals surface area contributed by atoms with Crippen LogP contribution in [0.5, 0.6) is 0 Å². The van der Waals surface area contributed by atoms with E-state index >= 15 is 0 Å². The zero-order valence-electron chi connectivity index (χ0n) is 15.2. The molecule has 5 heteroatoms. The maximum atomic E-state index is 12.7. The van der Waals surface area contributed by atoms with Crippen molar-refractivity contribution < 1.29 is 4.79 Å². The number of aryl methyl sites for hydroxylation is 1. The van der Waals surface area contributed by atoms with Gasteiger partial charge in [0.1, 0.15) is 0 Å². The minimum absolute atomic E-state index is 0.146. The maximum Gasteiger partial charge on any atom is 0.253 e. The van der Waals surface area contributed by atoms with Gasteiger partial charge in [-0.3, -0.25) is 9.69 Å². The van der Waals surface area contributed by atoms with Crippen molar-refractivity contribution in [2.45, 2.75) is 25.6 Å². The van der Waals surface area contributed by atoms with Crippen LogP contribution < -0.4 is 10.9 Å². The molecule has 26 heavy (non-hydrogen) atoms. The van der Waals surface area contributed by atoms with E-state index in [0.29, 0.717) is 12.2 Å². The SMILES string of the molecule is Cc1cccc(C(=O)N2CCN(C3CC(c4ccccc4)NN3)CC2)c1. The molecule has 136 valence electrons. The van der Waals surface area contributed by atoms with E-state index in [1.54, 1.807) is 0 Å². The van der Waals surface area contributed by atoms with Crippen LogP contribution in [0.3, 0.4) is 0 Å². The molecule has 0 spiro atoms. The molecule has 0 saturated carbocycles. The number of hydrazine groups is 1. The van der Waals surface area contributed by atoms with E-state index in [4.69, 9.17) is 0 Å². The van der Waals surface area contributed by atoms with Crippen molar-refractivity contribution in [2.75, 3.05) is 26.2 Å². The monoisotopic (exact) mass is 350 g/mol. The Bertz CT molecular complexity index is 756. The Hall–Kier alpha value is -2.21. The zero-order valence-corrected chi connectivity index (χ0v) is 15.2. The van der Waals surface area contributed by atoms with Gasteiger partial charge in [0.05, 0.1) is 6.17 Å². The third-order valence-corrected chi connectivity index (χ3v) is 5.39. The first-order valence-corrected chi connectivity index (χ1v) is 9.37. The molecule has 2 aliphatic rings. The molecule has 2 aromatic carbocycles. The van der Waals surface area contributed by atoms with Crippen molar-refractivity contribution in [1.29, 1.82) is 0 Å². The summed E-state index contributed by atoms with van der Waals surface area (Å²) >= 11 is 0. The smallest absolute Gasteiger partial charge is 0.253 e. The molecule has 0 aliphatic carbocycles. The summed E-state index contributed by atoms with van der Waals surface area (Å²) in [7, 11) is 0. The normalized spacial score (nSPS) is 24.0. The van der Waals surface area contributed by atoms with Gasteiger partial charge in [-0.2, -0.15) is 0 Å². The van der Waals surface area contributed by atoms with Crippen molar-refractivity contribution in [1.82, 2.24) is 20.7 Å². The second-order valence-electron chi connectivity index (χ2n) is 7.20. The molecule has 2 aromatic rings. The third-order valence-electron chi connectivity index (χ3n) is 5.39. The van der Waals surface area contributed by atoms with E-state index in [1.807, 2.05) is 42.2 Å². The Labute approximate surface area is 155 Å². The molecule has 2 aliphatic heterocycles. The number of benzene rings is 2. The van der Waals surface area contributed by atoms with E-state index < -0.39 is 0 Å². The summed E-state index contributed by atoms with van der Waals surface area (Å²) in [6.07, 6.45) is 1.35. The van der Waals surface area contributed by atoms with E-state index in [1.165, 1.54) is 5.56 Å². The molecule has 0 aromatic heterocycles. The predicted molar refractivity (Wildman–Crippen MR) is 103 cm³/mol. The van der Waals surface area contributed by atoms with Crippen LogP contribution in [0.2, 0.25) is 0 Å². The second-order valence-corrected chi connectivity index (χ2v) is 7.20. The Morgan fingerprint density at radius 2 is 1.73 bits per heavy atom. The van der Waals surface area contributed by atoms with Crippen molar-refractivity contribution in [2.24, 2.45) is 0 Å². The summed E-state index contributed by atoms with van der Waals surface area (Å²) < 4.78 is 0. The predicted octanol–water partition coefficient (Wildman–Crippen LogP) is 2.32. The molecule has 2 heterocycles. The van der Waals surface area contributed by atoms with Gasteiger partial charge < -0.3 is 4.90 Å². The highest BCUT2D eigenvalue weighted by Crippen LogP contribution is 2.24. The Morgan fingerprint density at radius 3 is 2.46 bits per heavy atom. The van der Waals surface area contributed by atoms with Crippen LogP contribution in [0.25, 0.3) is 0 Å². The Morgan fingerprint density at radius 1 is 0.962 bits per heavy atom. The van der Waals surface area contributed by atoms with Crippen molar-refractivity contribution >= 4 is 5.91 Å². The number of rotatable bonds is 3. The Kier molecular flexibility index (Phi) is 5.02. The highest BCUT2D eigenvalue weighted by Gasteiger charge is 2.32. The fraction of sp³-hybridized carbons (Fsp3) is 0.381. The first kappa shape index (κ1) is 17.2. The van der Waals surface area contributed by atoms with E-state index in [2.05, 4.69) is 40.0 Å². The molecule has 5 nitrogen and oxygen atoms in total.